The van der Waals surface area contributed by atoms with Gasteiger partial charge >= 0.3 is 5.97 Å². The zero-order valence-corrected chi connectivity index (χ0v) is 23.4. The van der Waals surface area contributed by atoms with E-state index in [0.717, 1.165) is 30.8 Å². The number of β-lactam (4-membered cyclic amide) rings is 1. The van der Waals surface area contributed by atoms with Crippen molar-refractivity contribution in [1.82, 2.24) is 44.8 Å². The first-order chi connectivity index (χ1) is 19.9. The second-order valence-electron chi connectivity index (χ2n) is 9.00. The fourth-order valence-corrected chi connectivity index (χ4v) is 7.15. The Labute approximate surface area is 243 Å². The fourth-order valence-electron chi connectivity index (χ4n) is 4.38. The van der Waals surface area contributed by atoms with E-state index in [0.29, 0.717) is 22.0 Å². The topological polar surface area (TPSA) is 216 Å². The summed E-state index contributed by atoms with van der Waals surface area (Å²) in [6.45, 7) is 0. The van der Waals surface area contributed by atoms with E-state index >= 15 is 0 Å². The second-order valence-corrected chi connectivity index (χ2v) is 11.9. The molecule has 16 nitrogen and oxygen atoms in total. The number of hydrogen-bond donors (Lipinski definition) is 3. The van der Waals surface area contributed by atoms with Gasteiger partial charge in [0.15, 0.2) is 10.8 Å². The Morgan fingerprint density at radius 2 is 2.22 bits per heavy atom. The van der Waals surface area contributed by atoms with Crippen LogP contribution in [0.5, 0.6) is 0 Å². The van der Waals surface area contributed by atoms with Crippen LogP contribution in [0, 0.1) is 0 Å². The summed E-state index contributed by atoms with van der Waals surface area (Å²) in [5.74, 6) is -1.92. The number of aliphatic carboxylic acids is 1. The molecule has 3 aromatic rings. The van der Waals surface area contributed by atoms with Crippen LogP contribution in [-0.4, -0.2) is 97.1 Å². The van der Waals surface area contributed by atoms with E-state index in [1.165, 1.54) is 33.1 Å². The van der Waals surface area contributed by atoms with Crippen LogP contribution in [-0.2, 0) is 19.2 Å². The number of nitrogens with two attached hydrogens (primary N) is 1. The summed E-state index contributed by atoms with van der Waals surface area (Å²) in [7, 11) is 0. The smallest absolute Gasteiger partial charge is 0.352 e. The molecule has 3 unspecified atom stereocenters. The van der Waals surface area contributed by atoms with Gasteiger partial charge in [0.2, 0.25) is 11.5 Å². The predicted octanol–water partition coefficient (Wildman–Crippen LogP) is 0.313. The van der Waals surface area contributed by atoms with E-state index in [4.69, 9.17) is 10.6 Å². The molecule has 41 heavy (non-hydrogen) atoms. The molecule has 5 heterocycles. The summed E-state index contributed by atoms with van der Waals surface area (Å²) in [6.07, 6.45) is 6.16. The number of allylic oxidation sites excluding steroid dienone is 1. The number of carbonyl (C=O) groups excluding carboxylic acids is 2. The molecular weight excluding hydrogens is 595 g/mol. The van der Waals surface area contributed by atoms with Crippen molar-refractivity contribution >= 4 is 69.3 Å². The molecule has 4 N–H and O–H groups in total. The Kier molecular flexibility index (Phi) is 7.54. The van der Waals surface area contributed by atoms with Gasteiger partial charge in [-0.05, 0) is 53.5 Å². The van der Waals surface area contributed by atoms with E-state index < -0.39 is 29.2 Å². The number of thioether (sulfide) groups is 2. The van der Waals surface area contributed by atoms with Crippen molar-refractivity contribution in [2.45, 2.75) is 41.8 Å². The predicted molar refractivity (Wildman–Crippen MR) is 148 cm³/mol. The number of fused-ring (bicyclic) bond motifs is 2. The largest absolute Gasteiger partial charge is 0.477 e. The zero-order chi connectivity index (χ0) is 28.5. The van der Waals surface area contributed by atoms with Crippen LogP contribution in [0.2, 0.25) is 0 Å². The number of hydrogen-bond acceptors (Lipinski definition) is 15. The third kappa shape index (κ3) is 5.46. The minimum absolute atomic E-state index is 0.0244. The molecule has 0 saturated carbocycles. The normalized spacial score (nSPS) is 22.4. The van der Waals surface area contributed by atoms with Crippen molar-refractivity contribution in [3.05, 3.63) is 41.4 Å². The number of nitrogens with one attached hydrogen (secondary N) is 1. The van der Waals surface area contributed by atoms with Crippen molar-refractivity contribution in [2.24, 2.45) is 5.16 Å². The van der Waals surface area contributed by atoms with Gasteiger partial charge in [0.1, 0.15) is 28.2 Å². The lowest BCUT2D eigenvalue weighted by Crippen LogP contribution is -2.71. The molecule has 1 aliphatic carbocycles. The molecule has 0 aromatic carbocycles. The maximum Gasteiger partial charge on any atom is 0.352 e. The average Bonchev–Trinajstić information content (AvgIpc) is 3.63. The number of anilines is 1. The van der Waals surface area contributed by atoms with Crippen LogP contribution in [0.4, 0.5) is 5.13 Å². The maximum absolute atomic E-state index is 13.3. The van der Waals surface area contributed by atoms with Gasteiger partial charge in [-0.1, -0.05) is 11.2 Å². The quantitative estimate of drug-likeness (QED) is 0.0971. The van der Waals surface area contributed by atoms with Gasteiger partial charge in [0, 0.05) is 23.0 Å². The number of nitrogen functional groups attached to an aromatic ring is 1. The van der Waals surface area contributed by atoms with Gasteiger partial charge in [-0.15, -0.1) is 38.4 Å². The SMILES string of the molecule is Nc1nc(/C(=N\OC2C=CCCC2)C(=O)NC2C(=O)N3C(C(=O)O)=C(CSc4ccc5nnnn5n4)CSC23)ns1. The molecule has 3 atom stereocenters. The Hall–Kier alpha value is -4.10. The second kappa shape index (κ2) is 11.4. The molecule has 19 heteroatoms. The number of amides is 2. The summed E-state index contributed by atoms with van der Waals surface area (Å²) < 4.78 is 5.34. The molecule has 3 aromatic heterocycles. The van der Waals surface area contributed by atoms with Gasteiger partial charge in [-0.25, -0.2) is 4.79 Å². The van der Waals surface area contributed by atoms with Gasteiger partial charge in [-0.2, -0.15) is 9.36 Å². The lowest BCUT2D eigenvalue weighted by molar-refractivity contribution is -0.150. The first-order valence-electron chi connectivity index (χ1n) is 12.3. The Bertz CT molecular complexity index is 1620. The molecule has 212 valence electrons. The van der Waals surface area contributed by atoms with E-state index in [2.05, 4.69) is 40.5 Å². The first-order valence-corrected chi connectivity index (χ1v) is 15.1. The number of carboxylic acid groups (broad SMARTS) is 1. The molecular formula is C22H21N11O5S3. The first kappa shape index (κ1) is 27.1. The number of carboxylic acids is 1. The van der Waals surface area contributed by atoms with Crippen molar-refractivity contribution in [3.8, 4) is 0 Å². The minimum atomic E-state index is -1.23. The highest BCUT2D eigenvalue weighted by molar-refractivity contribution is 8.01. The molecule has 6 rings (SSSR count). The number of aromatic nitrogens is 7. The summed E-state index contributed by atoms with van der Waals surface area (Å²) >= 11 is 3.55. The van der Waals surface area contributed by atoms with Gasteiger partial charge in [0.25, 0.3) is 11.8 Å². The van der Waals surface area contributed by atoms with E-state index in [1.54, 1.807) is 12.1 Å². The number of carbonyl (C=O) groups is 3. The lowest BCUT2D eigenvalue weighted by Gasteiger charge is -2.49. The summed E-state index contributed by atoms with van der Waals surface area (Å²) in [5.41, 5.74) is 6.42. The third-order valence-electron chi connectivity index (χ3n) is 6.33. The molecule has 0 spiro atoms. The van der Waals surface area contributed by atoms with Crippen molar-refractivity contribution in [1.29, 1.82) is 0 Å². The zero-order valence-electron chi connectivity index (χ0n) is 21.0. The molecule has 1 saturated heterocycles. The Morgan fingerprint density at radius 1 is 1.34 bits per heavy atom. The van der Waals surface area contributed by atoms with Crippen LogP contribution in [0.1, 0.15) is 25.1 Å². The average molecular weight is 616 g/mol. The molecule has 2 amide bonds. The molecule has 0 bridgehead atoms. The lowest BCUT2D eigenvalue weighted by atomic mass is 10.0. The van der Waals surface area contributed by atoms with E-state index in [9.17, 15) is 19.5 Å². The summed E-state index contributed by atoms with van der Waals surface area (Å²) in [5, 5.41) is 32.2. The van der Waals surface area contributed by atoms with Gasteiger partial charge in [0.05, 0.1) is 0 Å². The van der Waals surface area contributed by atoms with Crippen molar-refractivity contribution in [2.75, 3.05) is 17.2 Å². The molecule has 3 aliphatic rings. The Morgan fingerprint density at radius 3 is 2.98 bits per heavy atom. The van der Waals surface area contributed by atoms with E-state index in [1.807, 2.05) is 12.2 Å². The van der Waals surface area contributed by atoms with Crippen LogP contribution in [0.3, 0.4) is 0 Å². The molecule has 0 radical (unpaired) electrons. The Balaban J connectivity index is 1.16. The van der Waals surface area contributed by atoms with Crippen molar-refractivity contribution < 1.29 is 24.3 Å². The standard InChI is InChI=1S/C22H21N11O5S3/c23-22-25-17(29-41-22)14(28-38-11-4-2-1-3-5-11)18(34)24-15-19(35)32-16(21(36)37)10(9-40-20(15)32)8-39-13-7-6-12-26-30-31-33(12)27-13/h2,4,6-7,11,15,20H,1,3,5,8-9H2,(H,24,34)(H,36,37)(H2,23,25,29)/b28-14+. The number of tetrazole rings is 1. The van der Waals surface area contributed by atoms with Crippen LogP contribution in [0.25, 0.3) is 5.65 Å². The van der Waals surface area contributed by atoms with Crippen LogP contribution in [0.15, 0.2) is 45.7 Å². The maximum atomic E-state index is 13.3. The highest BCUT2D eigenvalue weighted by Crippen LogP contribution is 2.41. The molecule has 2 aliphatic heterocycles. The number of nitrogens with zero attached hydrogens (tertiary/aromatic N) is 9. The van der Waals surface area contributed by atoms with E-state index in [-0.39, 0.29) is 34.2 Å². The van der Waals surface area contributed by atoms with Crippen LogP contribution < -0.4 is 11.1 Å². The highest BCUT2D eigenvalue weighted by Gasteiger charge is 2.54. The summed E-state index contributed by atoms with van der Waals surface area (Å²) in [6, 6.07) is 2.45. The number of rotatable bonds is 9. The third-order valence-corrected chi connectivity index (χ3v) is 9.22. The number of oxime groups is 1. The van der Waals surface area contributed by atoms with Gasteiger partial charge in [-0.3, -0.25) is 14.5 Å². The summed E-state index contributed by atoms with van der Waals surface area (Å²) in [4.78, 5) is 49.5. The molecule has 1 fully saturated rings. The van der Waals surface area contributed by atoms with Gasteiger partial charge < -0.3 is 21.0 Å². The minimum Gasteiger partial charge on any atom is -0.477 e. The fraction of sp³-hybridized carbons (Fsp3) is 0.364. The van der Waals surface area contributed by atoms with Crippen molar-refractivity contribution in [3.63, 3.8) is 0 Å². The monoisotopic (exact) mass is 615 g/mol. The highest BCUT2D eigenvalue weighted by atomic mass is 32.2. The van der Waals surface area contributed by atoms with Crippen LogP contribution >= 0.6 is 35.1 Å².